The number of rotatable bonds is 2. The first-order valence-electron chi connectivity index (χ1n) is 4.39. The Kier molecular flexibility index (Phi) is 2.09. The summed E-state index contributed by atoms with van der Waals surface area (Å²) in [5, 5.41) is 2.35. The summed E-state index contributed by atoms with van der Waals surface area (Å²) in [6.45, 7) is 2.00. The number of hydrogen-bond acceptors (Lipinski definition) is 1. The average molecular weight is 169 g/mol. The summed E-state index contributed by atoms with van der Waals surface area (Å²) in [5.41, 5.74) is 1.08. The molecule has 64 valence electrons. The van der Waals surface area contributed by atoms with Crippen molar-refractivity contribution in [2.45, 2.75) is 6.92 Å². The summed E-state index contributed by atoms with van der Waals surface area (Å²) in [7, 11) is 0. The largest absolute Gasteiger partial charge is 0.248 e. The maximum Gasteiger partial charge on any atom is 0.0731 e. The van der Waals surface area contributed by atoms with Gasteiger partial charge in [0.15, 0.2) is 0 Å². The lowest BCUT2D eigenvalue weighted by Gasteiger charge is -2.03. The van der Waals surface area contributed by atoms with Crippen molar-refractivity contribution in [3.8, 4) is 0 Å². The van der Waals surface area contributed by atoms with Crippen LogP contribution in [0, 0.1) is 0 Å². The zero-order valence-electron chi connectivity index (χ0n) is 7.57. The maximum atomic E-state index is 4.35. The molecule has 1 aliphatic heterocycles. The van der Waals surface area contributed by atoms with Crippen LogP contribution in [0.15, 0.2) is 53.6 Å². The molecule has 1 nitrogen and oxygen atoms in total. The van der Waals surface area contributed by atoms with Gasteiger partial charge in [0, 0.05) is 5.22 Å². The second-order valence-electron chi connectivity index (χ2n) is 2.90. The van der Waals surface area contributed by atoms with Gasteiger partial charge >= 0.3 is 0 Å². The smallest absolute Gasteiger partial charge is 0.0731 e. The number of fused-ring (bicyclic) bond motifs is 1. The van der Waals surface area contributed by atoms with Crippen LogP contribution < -0.4 is 10.6 Å². The Hall–Kier alpha value is -1.63. The van der Waals surface area contributed by atoms with Crippen LogP contribution in [0.4, 0.5) is 0 Å². The van der Waals surface area contributed by atoms with Crippen molar-refractivity contribution < 1.29 is 0 Å². The summed E-state index contributed by atoms with van der Waals surface area (Å²) < 4.78 is 0. The van der Waals surface area contributed by atoms with Gasteiger partial charge in [-0.2, -0.15) is 0 Å². The zero-order valence-corrected chi connectivity index (χ0v) is 7.57. The number of para-hydroxylation sites is 1. The molecule has 0 aromatic heterocycles. The number of nitrogens with zero attached hydrogens (tertiary/aromatic N) is 1. The van der Waals surface area contributed by atoms with Crippen LogP contribution in [0.3, 0.4) is 0 Å². The molecule has 0 fully saturated rings. The van der Waals surface area contributed by atoms with Gasteiger partial charge < -0.3 is 0 Å². The first kappa shape index (κ1) is 7.99. The standard InChI is InChI=1S/C12H11N/c1-2-3-4-8-11-10-7-5-6-9-12(10)13-11/h2-9H,1H3/b3-2-,8-4-. The summed E-state index contributed by atoms with van der Waals surface area (Å²) in [6, 6.07) is 8.17. The second kappa shape index (κ2) is 3.40. The van der Waals surface area contributed by atoms with E-state index in [0.717, 1.165) is 11.1 Å². The average Bonchev–Trinajstić information content (AvgIpc) is 2.13. The highest BCUT2D eigenvalue weighted by Crippen LogP contribution is 2.00. The lowest BCUT2D eigenvalue weighted by atomic mass is 10.1. The molecule has 0 bridgehead atoms. The van der Waals surface area contributed by atoms with E-state index in [4.69, 9.17) is 0 Å². The van der Waals surface area contributed by atoms with E-state index in [1.807, 2.05) is 49.4 Å². The molecule has 1 heteroatoms. The molecule has 0 N–H and O–H groups in total. The fourth-order valence-electron chi connectivity index (χ4n) is 1.31. The molecule has 13 heavy (non-hydrogen) atoms. The summed E-state index contributed by atoms with van der Waals surface area (Å²) >= 11 is 0. The predicted octanol–water partition coefficient (Wildman–Crippen LogP) is 1.56. The SMILES string of the molecule is C/C=C\C=C/C1=c2ccccc2=N1. The van der Waals surface area contributed by atoms with Crippen LogP contribution >= 0.6 is 0 Å². The molecule has 0 aliphatic carbocycles. The van der Waals surface area contributed by atoms with Gasteiger partial charge in [-0.1, -0.05) is 36.4 Å². The monoisotopic (exact) mass is 169 g/mol. The number of hydrogen-bond donors (Lipinski definition) is 0. The minimum atomic E-state index is 1.08. The fraction of sp³-hybridized carbons (Fsp3) is 0.0833. The van der Waals surface area contributed by atoms with Gasteiger partial charge in [0.25, 0.3) is 0 Å². The van der Waals surface area contributed by atoms with Crippen LogP contribution in [0.5, 0.6) is 0 Å². The van der Waals surface area contributed by atoms with Crippen LogP contribution in [-0.4, -0.2) is 0 Å². The molecular formula is C12H11N. The second-order valence-corrected chi connectivity index (χ2v) is 2.90. The summed E-state index contributed by atoms with van der Waals surface area (Å²) in [5.74, 6) is 0. The van der Waals surface area contributed by atoms with Crippen LogP contribution in [-0.2, 0) is 0 Å². The summed E-state index contributed by atoms with van der Waals surface area (Å²) in [6.07, 6.45) is 8.04. The van der Waals surface area contributed by atoms with Gasteiger partial charge in [-0.25, -0.2) is 4.99 Å². The molecule has 1 aromatic rings. The molecule has 1 aromatic carbocycles. The van der Waals surface area contributed by atoms with Crippen molar-refractivity contribution in [2.75, 3.05) is 0 Å². The molecule has 0 atom stereocenters. The molecule has 1 aliphatic rings. The topological polar surface area (TPSA) is 12.4 Å². The molecular weight excluding hydrogens is 158 g/mol. The normalized spacial score (nSPS) is 14.4. The van der Waals surface area contributed by atoms with E-state index in [1.165, 1.54) is 5.22 Å². The highest BCUT2D eigenvalue weighted by molar-refractivity contribution is 5.59. The van der Waals surface area contributed by atoms with Crippen LogP contribution in [0.1, 0.15) is 6.92 Å². The van der Waals surface area contributed by atoms with Crippen molar-refractivity contribution in [3.05, 3.63) is 59.1 Å². The molecule has 1 heterocycles. The minimum absolute atomic E-state index is 1.08. The quantitative estimate of drug-likeness (QED) is 0.596. The third-order valence-corrected chi connectivity index (χ3v) is 1.98. The Morgan fingerprint density at radius 2 is 2.00 bits per heavy atom. The number of allylic oxidation sites excluding steroid dienone is 3. The van der Waals surface area contributed by atoms with E-state index >= 15 is 0 Å². The van der Waals surface area contributed by atoms with Crippen molar-refractivity contribution in [3.63, 3.8) is 0 Å². The lowest BCUT2D eigenvalue weighted by Crippen LogP contribution is -2.33. The Morgan fingerprint density at radius 3 is 2.77 bits per heavy atom. The van der Waals surface area contributed by atoms with E-state index in [1.54, 1.807) is 0 Å². The third-order valence-electron chi connectivity index (χ3n) is 1.98. The van der Waals surface area contributed by atoms with Gasteiger partial charge in [-0.15, -0.1) is 0 Å². The zero-order chi connectivity index (χ0) is 9.10. The molecule has 0 saturated heterocycles. The van der Waals surface area contributed by atoms with Crippen LogP contribution in [0.2, 0.25) is 0 Å². The lowest BCUT2D eigenvalue weighted by molar-refractivity contribution is 1.22. The Balaban J connectivity index is 2.34. The molecule has 2 rings (SSSR count). The van der Waals surface area contributed by atoms with Crippen molar-refractivity contribution in [1.29, 1.82) is 0 Å². The molecule has 0 amide bonds. The highest BCUT2D eigenvalue weighted by Gasteiger charge is 2.01. The van der Waals surface area contributed by atoms with E-state index in [-0.39, 0.29) is 0 Å². The van der Waals surface area contributed by atoms with E-state index in [0.29, 0.717) is 0 Å². The molecule has 0 radical (unpaired) electrons. The third kappa shape index (κ3) is 1.45. The number of benzene rings is 1. The van der Waals surface area contributed by atoms with Gasteiger partial charge in [0.05, 0.1) is 11.1 Å². The highest BCUT2D eigenvalue weighted by atomic mass is 14.8. The predicted molar refractivity (Wildman–Crippen MR) is 54.6 cm³/mol. The van der Waals surface area contributed by atoms with Crippen molar-refractivity contribution in [1.82, 2.24) is 0 Å². The van der Waals surface area contributed by atoms with Gasteiger partial charge in [-0.3, -0.25) is 0 Å². The van der Waals surface area contributed by atoms with E-state index < -0.39 is 0 Å². The van der Waals surface area contributed by atoms with Gasteiger partial charge in [0.1, 0.15) is 0 Å². The fourth-order valence-corrected chi connectivity index (χ4v) is 1.31. The van der Waals surface area contributed by atoms with E-state index in [2.05, 4.69) is 11.1 Å². The molecule has 0 spiro atoms. The molecule has 0 saturated carbocycles. The van der Waals surface area contributed by atoms with E-state index in [9.17, 15) is 0 Å². The Morgan fingerprint density at radius 1 is 1.15 bits per heavy atom. The van der Waals surface area contributed by atoms with Gasteiger partial charge in [0.2, 0.25) is 0 Å². The minimum Gasteiger partial charge on any atom is -0.248 e. The van der Waals surface area contributed by atoms with Crippen molar-refractivity contribution >= 4 is 5.70 Å². The first-order valence-corrected chi connectivity index (χ1v) is 4.39. The Bertz CT molecular complexity index is 478. The van der Waals surface area contributed by atoms with Gasteiger partial charge in [-0.05, 0) is 19.1 Å². The Labute approximate surface area is 77.4 Å². The van der Waals surface area contributed by atoms with Crippen molar-refractivity contribution in [2.24, 2.45) is 4.99 Å². The molecule has 0 unspecified atom stereocenters. The maximum absolute atomic E-state index is 4.35. The summed E-state index contributed by atoms with van der Waals surface area (Å²) in [4.78, 5) is 4.35. The first-order chi connectivity index (χ1) is 6.42. The van der Waals surface area contributed by atoms with Crippen LogP contribution in [0.25, 0.3) is 5.70 Å².